The molecule has 0 spiro atoms. The van der Waals surface area contributed by atoms with Crippen molar-refractivity contribution in [2.45, 2.75) is 24.7 Å². The van der Waals surface area contributed by atoms with Gasteiger partial charge in [-0.3, -0.25) is 9.59 Å². The van der Waals surface area contributed by atoms with E-state index >= 15 is 0 Å². The molecule has 0 N–H and O–H groups in total. The molecule has 0 aromatic heterocycles. The van der Waals surface area contributed by atoms with Crippen molar-refractivity contribution in [1.29, 1.82) is 0 Å². The van der Waals surface area contributed by atoms with Crippen LogP contribution in [0.4, 0.5) is 0 Å². The Labute approximate surface area is 179 Å². The van der Waals surface area contributed by atoms with E-state index in [1.54, 1.807) is 6.07 Å². The molecule has 3 rings (SSSR count). The number of ketones is 1. The molecule has 0 aliphatic carbocycles. The van der Waals surface area contributed by atoms with Crippen molar-refractivity contribution in [2.24, 2.45) is 5.92 Å². The van der Waals surface area contributed by atoms with E-state index in [0.717, 1.165) is 0 Å². The van der Waals surface area contributed by atoms with Gasteiger partial charge in [-0.2, -0.15) is 4.31 Å². The minimum absolute atomic E-state index is 0.122. The largest absolute Gasteiger partial charge is 0.425 e. The van der Waals surface area contributed by atoms with Crippen molar-refractivity contribution in [3.8, 4) is 5.75 Å². The van der Waals surface area contributed by atoms with Crippen molar-refractivity contribution >= 4 is 45.0 Å². The van der Waals surface area contributed by atoms with Crippen molar-refractivity contribution < 1.29 is 22.7 Å². The van der Waals surface area contributed by atoms with Gasteiger partial charge in [0.05, 0.1) is 15.8 Å². The summed E-state index contributed by atoms with van der Waals surface area (Å²) in [5.74, 6) is -0.777. The van der Waals surface area contributed by atoms with Crippen LogP contribution in [0.15, 0.2) is 47.4 Å². The van der Waals surface area contributed by atoms with Gasteiger partial charge in [-0.25, -0.2) is 8.42 Å². The first-order chi connectivity index (χ1) is 13.7. The molecule has 0 bridgehead atoms. The predicted molar refractivity (Wildman–Crippen MR) is 110 cm³/mol. The molecule has 9 heteroatoms. The van der Waals surface area contributed by atoms with E-state index in [0.29, 0.717) is 23.4 Å². The lowest BCUT2D eigenvalue weighted by Crippen LogP contribution is -2.41. The van der Waals surface area contributed by atoms with Crippen LogP contribution < -0.4 is 4.74 Å². The first kappa shape index (κ1) is 21.8. The number of esters is 1. The second-order valence-electron chi connectivity index (χ2n) is 6.75. The Hall–Kier alpha value is -1.93. The third kappa shape index (κ3) is 4.98. The van der Waals surface area contributed by atoms with Gasteiger partial charge < -0.3 is 4.74 Å². The molecule has 1 saturated heterocycles. The summed E-state index contributed by atoms with van der Waals surface area (Å²) in [6.45, 7) is 1.82. The summed E-state index contributed by atoms with van der Waals surface area (Å²) in [7, 11) is -3.69. The Morgan fingerprint density at radius 3 is 2.21 bits per heavy atom. The van der Waals surface area contributed by atoms with E-state index in [4.69, 9.17) is 27.9 Å². The number of hydrogen-bond donors (Lipinski definition) is 0. The molecule has 0 atom stereocenters. The highest BCUT2D eigenvalue weighted by atomic mass is 35.5. The summed E-state index contributed by atoms with van der Waals surface area (Å²) in [6.07, 6.45) is 0.684. The maximum absolute atomic E-state index is 12.8. The fourth-order valence-corrected chi connectivity index (χ4v) is 5.01. The molecule has 0 amide bonds. The van der Waals surface area contributed by atoms with E-state index in [1.165, 1.54) is 47.6 Å². The van der Waals surface area contributed by atoms with Crippen LogP contribution in [-0.2, 0) is 14.8 Å². The lowest BCUT2D eigenvalue weighted by molar-refractivity contribution is -0.140. The number of carbonyl (C=O) groups excluding carboxylic acids is 2. The summed E-state index contributed by atoms with van der Waals surface area (Å²) >= 11 is 11.9. The fourth-order valence-electron chi connectivity index (χ4n) is 3.09. The topological polar surface area (TPSA) is 80.8 Å². The first-order valence-corrected chi connectivity index (χ1v) is 11.2. The van der Waals surface area contributed by atoms with Crippen LogP contribution in [0.3, 0.4) is 0 Å². The molecule has 0 unspecified atom stereocenters. The van der Waals surface area contributed by atoms with Gasteiger partial charge >= 0.3 is 5.97 Å². The van der Waals surface area contributed by atoms with Gasteiger partial charge in [-0.1, -0.05) is 35.3 Å². The molecule has 2 aromatic carbocycles. The van der Waals surface area contributed by atoms with Gasteiger partial charge in [-0.15, -0.1) is 0 Å². The maximum atomic E-state index is 12.8. The molecule has 1 fully saturated rings. The van der Waals surface area contributed by atoms with E-state index < -0.39 is 21.9 Å². The number of halogens is 2. The van der Waals surface area contributed by atoms with Crippen molar-refractivity contribution in [2.75, 3.05) is 13.1 Å². The van der Waals surface area contributed by atoms with E-state index in [2.05, 4.69) is 0 Å². The monoisotopic (exact) mass is 455 g/mol. The fraction of sp³-hybridized carbons (Fsp3) is 0.300. The molecule has 0 saturated carbocycles. The average molecular weight is 456 g/mol. The highest BCUT2D eigenvalue weighted by Gasteiger charge is 2.33. The van der Waals surface area contributed by atoms with Gasteiger partial charge in [0.1, 0.15) is 5.75 Å². The Balaban J connectivity index is 1.63. The van der Waals surface area contributed by atoms with Crippen molar-refractivity contribution in [3.63, 3.8) is 0 Å². The molecule has 29 heavy (non-hydrogen) atoms. The number of benzene rings is 2. The molecular weight excluding hydrogens is 437 g/mol. The number of piperidine rings is 1. The summed E-state index contributed by atoms with van der Waals surface area (Å²) in [4.78, 5) is 23.9. The number of carbonyl (C=O) groups is 2. The number of Topliss-reactive ketones (excluding diaryl/α,β-unsaturated/α-hetero) is 1. The van der Waals surface area contributed by atoms with Crippen LogP contribution in [-0.4, -0.2) is 37.6 Å². The summed E-state index contributed by atoms with van der Waals surface area (Å²) in [5, 5.41) is 0.671. The van der Waals surface area contributed by atoms with E-state index in [9.17, 15) is 18.0 Å². The predicted octanol–water partition coefficient (Wildman–Crippen LogP) is 4.20. The molecular formula is C20H19Cl2NO5S. The van der Waals surface area contributed by atoms with Crippen LogP contribution >= 0.6 is 23.2 Å². The maximum Gasteiger partial charge on any atom is 0.314 e. The second kappa shape index (κ2) is 8.83. The lowest BCUT2D eigenvalue weighted by Gasteiger charge is -2.30. The normalized spacial score (nSPS) is 15.8. The third-order valence-electron chi connectivity index (χ3n) is 4.79. The molecule has 2 aromatic rings. The Morgan fingerprint density at radius 1 is 1.03 bits per heavy atom. The van der Waals surface area contributed by atoms with E-state index in [-0.39, 0.29) is 34.5 Å². The van der Waals surface area contributed by atoms with Gasteiger partial charge in [0.15, 0.2) is 5.78 Å². The van der Waals surface area contributed by atoms with Crippen LogP contribution in [0.25, 0.3) is 0 Å². The SMILES string of the molecule is CC(=O)c1ccc(S(=O)(=O)N2CCC(C(=O)Oc3ccc(Cl)cc3Cl)CC2)cc1. The molecule has 1 heterocycles. The number of sulfonamides is 1. The van der Waals surface area contributed by atoms with Crippen molar-refractivity contribution in [3.05, 3.63) is 58.1 Å². The zero-order valence-corrected chi connectivity index (χ0v) is 17.9. The van der Waals surface area contributed by atoms with Gasteiger partial charge in [0.25, 0.3) is 0 Å². The van der Waals surface area contributed by atoms with Crippen LogP contribution in [0, 0.1) is 5.92 Å². The number of nitrogens with zero attached hydrogens (tertiary/aromatic N) is 1. The molecule has 1 aliphatic heterocycles. The third-order valence-corrected chi connectivity index (χ3v) is 7.23. The summed E-state index contributed by atoms with van der Waals surface area (Å²) in [6, 6.07) is 10.4. The zero-order chi connectivity index (χ0) is 21.2. The van der Waals surface area contributed by atoms with Gasteiger partial charge in [0, 0.05) is 23.7 Å². The second-order valence-corrected chi connectivity index (χ2v) is 9.54. The molecule has 1 aliphatic rings. The standard InChI is InChI=1S/C20H19Cl2NO5S/c1-13(24)14-2-5-17(6-3-14)29(26,27)23-10-8-15(9-11-23)20(25)28-19-7-4-16(21)12-18(19)22/h2-7,12,15H,8-11H2,1H3. The molecule has 154 valence electrons. The number of ether oxygens (including phenoxy) is 1. The van der Waals surface area contributed by atoms with Crippen LogP contribution in [0.1, 0.15) is 30.1 Å². The minimum atomic E-state index is -3.69. The average Bonchev–Trinajstić information content (AvgIpc) is 2.70. The Morgan fingerprint density at radius 2 is 1.66 bits per heavy atom. The molecule has 6 nitrogen and oxygen atoms in total. The zero-order valence-electron chi connectivity index (χ0n) is 15.6. The van der Waals surface area contributed by atoms with Gasteiger partial charge in [-0.05, 0) is 50.1 Å². The van der Waals surface area contributed by atoms with E-state index in [1.807, 2.05) is 0 Å². The Bertz CT molecular complexity index is 1030. The number of rotatable bonds is 5. The Kier molecular flexibility index (Phi) is 6.63. The lowest BCUT2D eigenvalue weighted by atomic mass is 9.98. The highest BCUT2D eigenvalue weighted by molar-refractivity contribution is 7.89. The van der Waals surface area contributed by atoms with Gasteiger partial charge in [0.2, 0.25) is 10.0 Å². The minimum Gasteiger partial charge on any atom is -0.425 e. The molecule has 0 radical (unpaired) electrons. The van der Waals surface area contributed by atoms with Crippen molar-refractivity contribution in [1.82, 2.24) is 4.31 Å². The summed E-state index contributed by atoms with van der Waals surface area (Å²) < 4.78 is 32.3. The quantitative estimate of drug-likeness (QED) is 0.383. The summed E-state index contributed by atoms with van der Waals surface area (Å²) in [5.41, 5.74) is 0.450. The highest BCUT2D eigenvalue weighted by Crippen LogP contribution is 2.30. The van der Waals surface area contributed by atoms with Crippen LogP contribution in [0.2, 0.25) is 10.0 Å². The first-order valence-electron chi connectivity index (χ1n) is 8.96. The number of hydrogen-bond acceptors (Lipinski definition) is 5. The smallest absolute Gasteiger partial charge is 0.314 e. The van der Waals surface area contributed by atoms with Crippen LogP contribution in [0.5, 0.6) is 5.75 Å².